The Morgan fingerprint density at radius 1 is 1.43 bits per heavy atom. The van der Waals surface area contributed by atoms with E-state index in [9.17, 15) is 0 Å². The van der Waals surface area contributed by atoms with Crippen LogP contribution in [0.2, 0.25) is 5.28 Å². The number of likely N-dealkylation sites (tertiary alicyclic amines) is 1. The van der Waals surface area contributed by atoms with Crippen molar-refractivity contribution in [3.63, 3.8) is 0 Å². The largest absolute Gasteiger partial charge is 0.357 e. The third-order valence-corrected chi connectivity index (χ3v) is 2.49. The van der Waals surface area contributed by atoms with Crippen LogP contribution in [0.3, 0.4) is 0 Å². The first kappa shape index (κ1) is 9.68. The summed E-state index contributed by atoms with van der Waals surface area (Å²) in [6, 6.07) is 1.82. The van der Waals surface area contributed by atoms with Gasteiger partial charge in [-0.25, -0.2) is 9.97 Å². The van der Waals surface area contributed by atoms with Crippen LogP contribution in [0.5, 0.6) is 0 Å². The fourth-order valence-electron chi connectivity index (χ4n) is 1.57. The van der Waals surface area contributed by atoms with E-state index >= 15 is 0 Å². The Bertz CT molecular complexity index is 299. The average Bonchev–Trinajstić information content (AvgIpc) is 2.67. The van der Waals surface area contributed by atoms with Crippen molar-refractivity contribution in [1.29, 1.82) is 0 Å². The lowest BCUT2D eigenvalue weighted by Crippen LogP contribution is -2.26. The van der Waals surface area contributed by atoms with Gasteiger partial charge in [-0.2, -0.15) is 0 Å². The Morgan fingerprint density at radius 2 is 2.21 bits per heavy atom. The summed E-state index contributed by atoms with van der Waals surface area (Å²) >= 11 is 5.66. The Kier molecular flexibility index (Phi) is 3.16. The predicted molar refractivity (Wildman–Crippen MR) is 56.3 cm³/mol. The molecule has 0 spiro atoms. The van der Waals surface area contributed by atoms with Crippen molar-refractivity contribution in [3.8, 4) is 0 Å². The molecular formula is C9H13ClN4. The number of nitrogens with one attached hydrogen (secondary N) is 1. The number of nitrogens with zero attached hydrogens (tertiary/aromatic N) is 3. The van der Waals surface area contributed by atoms with Gasteiger partial charge < -0.3 is 5.32 Å². The fraction of sp³-hybridized carbons (Fsp3) is 0.556. The molecule has 14 heavy (non-hydrogen) atoms. The van der Waals surface area contributed by atoms with Crippen molar-refractivity contribution in [2.75, 3.05) is 25.1 Å². The van der Waals surface area contributed by atoms with Gasteiger partial charge >= 0.3 is 0 Å². The highest BCUT2D eigenvalue weighted by Crippen LogP contribution is 2.09. The SMILES string of the molecule is Clc1nccc(NCN2CCCC2)n1. The van der Waals surface area contributed by atoms with Gasteiger partial charge in [0.25, 0.3) is 0 Å². The Morgan fingerprint density at radius 3 is 2.93 bits per heavy atom. The molecule has 1 aliphatic rings. The van der Waals surface area contributed by atoms with Gasteiger partial charge in [-0.15, -0.1) is 0 Å². The topological polar surface area (TPSA) is 41.1 Å². The zero-order valence-corrected chi connectivity index (χ0v) is 8.67. The number of aromatic nitrogens is 2. The first-order chi connectivity index (χ1) is 6.84. The minimum Gasteiger partial charge on any atom is -0.357 e. The van der Waals surface area contributed by atoms with Crippen LogP contribution < -0.4 is 5.32 Å². The number of anilines is 1. The van der Waals surface area contributed by atoms with Crippen molar-refractivity contribution < 1.29 is 0 Å². The highest BCUT2D eigenvalue weighted by atomic mass is 35.5. The van der Waals surface area contributed by atoms with Crippen molar-refractivity contribution >= 4 is 17.4 Å². The Labute approximate surface area is 88.3 Å². The molecule has 1 aromatic rings. The second-order valence-electron chi connectivity index (χ2n) is 3.37. The Hall–Kier alpha value is -0.870. The van der Waals surface area contributed by atoms with Crippen LogP contribution in [-0.2, 0) is 0 Å². The van der Waals surface area contributed by atoms with Crippen LogP contribution in [0.1, 0.15) is 12.8 Å². The van der Waals surface area contributed by atoms with Crippen LogP contribution in [-0.4, -0.2) is 34.6 Å². The summed E-state index contributed by atoms with van der Waals surface area (Å²) in [7, 11) is 0. The summed E-state index contributed by atoms with van der Waals surface area (Å²) in [6.45, 7) is 3.19. The highest BCUT2D eigenvalue weighted by molar-refractivity contribution is 6.28. The number of hydrogen-bond donors (Lipinski definition) is 1. The molecule has 1 fully saturated rings. The van der Waals surface area contributed by atoms with Gasteiger partial charge in [0.05, 0.1) is 6.67 Å². The molecule has 4 nitrogen and oxygen atoms in total. The quantitative estimate of drug-likeness (QED) is 0.773. The van der Waals surface area contributed by atoms with Crippen molar-refractivity contribution in [2.45, 2.75) is 12.8 Å². The molecule has 76 valence electrons. The number of hydrogen-bond acceptors (Lipinski definition) is 4. The molecule has 0 aromatic carbocycles. The molecule has 1 aromatic heterocycles. The molecule has 1 saturated heterocycles. The molecule has 1 aliphatic heterocycles. The maximum Gasteiger partial charge on any atom is 0.224 e. The second kappa shape index (κ2) is 4.57. The molecule has 5 heteroatoms. The van der Waals surface area contributed by atoms with Gasteiger partial charge in [0.2, 0.25) is 5.28 Å². The van der Waals surface area contributed by atoms with Gasteiger partial charge in [0.15, 0.2) is 0 Å². The molecule has 2 rings (SSSR count). The zero-order valence-electron chi connectivity index (χ0n) is 7.91. The molecule has 0 unspecified atom stereocenters. The summed E-state index contributed by atoms with van der Waals surface area (Å²) < 4.78 is 0. The number of rotatable bonds is 3. The molecule has 0 amide bonds. The van der Waals surface area contributed by atoms with Gasteiger partial charge in [-0.3, -0.25) is 4.90 Å². The molecule has 0 atom stereocenters. The number of halogens is 1. The predicted octanol–water partition coefficient (Wildman–Crippen LogP) is 1.60. The van der Waals surface area contributed by atoms with Crippen LogP contribution in [0.4, 0.5) is 5.82 Å². The second-order valence-corrected chi connectivity index (χ2v) is 3.71. The van der Waals surface area contributed by atoms with E-state index in [0.717, 1.165) is 12.5 Å². The van der Waals surface area contributed by atoms with Crippen molar-refractivity contribution in [1.82, 2.24) is 14.9 Å². The average molecular weight is 213 g/mol. The van der Waals surface area contributed by atoms with Crippen LogP contribution in [0.15, 0.2) is 12.3 Å². The molecule has 0 radical (unpaired) electrons. The maximum absolute atomic E-state index is 5.66. The van der Waals surface area contributed by atoms with E-state index in [1.165, 1.54) is 25.9 Å². The molecule has 0 bridgehead atoms. The van der Waals surface area contributed by atoms with E-state index in [2.05, 4.69) is 20.2 Å². The minimum absolute atomic E-state index is 0.288. The van der Waals surface area contributed by atoms with Gasteiger partial charge in [0, 0.05) is 6.20 Å². The molecule has 2 heterocycles. The summed E-state index contributed by atoms with van der Waals surface area (Å²) in [5.74, 6) is 0.789. The standard InChI is InChI=1S/C9H13ClN4/c10-9-11-4-3-8(13-9)12-7-14-5-1-2-6-14/h3-4H,1-2,5-7H2,(H,11,12,13). The lowest BCUT2D eigenvalue weighted by atomic mass is 10.4. The summed E-state index contributed by atoms with van der Waals surface area (Å²) in [6.07, 6.45) is 4.25. The highest BCUT2D eigenvalue weighted by Gasteiger charge is 2.10. The maximum atomic E-state index is 5.66. The van der Waals surface area contributed by atoms with E-state index < -0.39 is 0 Å². The summed E-state index contributed by atoms with van der Waals surface area (Å²) in [4.78, 5) is 10.2. The first-order valence-corrected chi connectivity index (χ1v) is 5.17. The smallest absolute Gasteiger partial charge is 0.224 e. The zero-order chi connectivity index (χ0) is 9.80. The fourth-order valence-corrected chi connectivity index (χ4v) is 1.71. The monoisotopic (exact) mass is 212 g/mol. The summed E-state index contributed by atoms with van der Waals surface area (Å²) in [5.41, 5.74) is 0. The van der Waals surface area contributed by atoms with Crippen molar-refractivity contribution in [3.05, 3.63) is 17.5 Å². The van der Waals surface area contributed by atoms with Crippen LogP contribution in [0, 0.1) is 0 Å². The lowest BCUT2D eigenvalue weighted by molar-refractivity contribution is 0.364. The van der Waals surface area contributed by atoms with E-state index in [1.807, 2.05) is 6.07 Å². The first-order valence-electron chi connectivity index (χ1n) is 4.79. The van der Waals surface area contributed by atoms with Crippen LogP contribution in [0.25, 0.3) is 0 Å². The van der Waals surface area contributed by atoms with Gasteiger partial charge in [-0.05, 0) is 43.6 Å². The molecule has 1 N–H and O–H groups in total. The minimum atomic E-state index is 0.288. The molecule has 0 aliphatic carbocycles. The van der Waals surface area contributed by atoms with Crippen LogP contribution >= 0.6 is 11.6 Å². The van der Waals surface area contributed by atoms with Gasteiger partial charge in [-0.1, -0.05) is 0 Å². The van der Waals surface area contributed by atoms with Crippen molar-refractivity contribution in [2.24, 2.45) is 0 Å². The Balaban J connectivity index is 1.85. The third-order valence-electron chi connectivity index (χ3n) is 2.31. The van der Waals surface area contributed by atoms with Gasteiger partial charge in [0.1, 0.15) is 5.82 Å². The third kappa shape index (κ3) is 2.56. The van der Waals surface area contributed by atoms with E-state index in [4.69, 9.17) is 11.6 Å². The van der Waals surface area contributed by atoms with E-state index in [-0.39, 0.29) is 5.28 Å². The normalized spacial score (nSPS) is 17.2. The molecule has 0 saturated carbocycles. The molecular weight excluding hydrogens is 200 g/mol. The lowest BCUT2D eigenvalue weighted by Gasteiger charge is -2.15. The van der Waals surface area contributed by atoms with E-state index in [0.29, 0.717) is 0 Å². The van der Waals surface area contributed by atoms with E-state index in [1.54, 1.807) is 6.20 Å². The summed E-state index contributed by atoms with van der Waals surface area (Å²) in [5, 5.41) is 3.51.